The zero-order valence-electron chi connectivity index (χ0n) is 13.7. The van der Waals surface area contributed by atoms with E-state index in [0.717, 1.165) is 6.92 Å². The lowest BCUT2D eigenvalue weighted by Gasteiger charge is -2.22. The van der Waals surface area contributed by atoms with Crippen molar-refractivity contribution < 1.29 is 43.3 Å². The van der Waals surface area contributed by atoms with Crippen molar-refractivity contribution in [1.29, 1.82) is 0 Å². The van der Waals surface area contributed by atoms with Gasteiger partial charge in [0.2, 0.25) is 0 Å². The number of carbonyl (C=O) groups is 5. The first kappa shape index (κ1) is 21.4. The van der Waals surface area contributed by atoms with Crippen LogP contribution in [0.1, 0.15) is 27.2 Å². The number of hydrogen-bond donors (Lipinski definition) is 2. The molecule has 10 heteroatoms. The highest BCUT2D eigenvalue weighted by Crippen LogP contribution is 2.14. The second kappa shape index (κ2) is 11.0. The normalized spacial score (nSPS) is 12.5. The van der Waals surface area contributed by atoms with E-state index in [1.54, 1.807) is 6.92 Å². The summed E-state index contributed by atoms with van der Waals surface area (Å²) in [6.07, 6.45) is -0.586. The van der Waals surface area contributed by atoms with Crippen LogP contribution in [0.2, 0.25) is 0 Å². The smallest absolute Gasteiger partial charge is 0.327 e. The summed E-state index contributed by atoms with van der Waals surface area (Å²) in [6, 6.07) is -1.74. The van der Waals surface area contributed by atoms with E-state index in [4.69, 9.17) is 9.47 Å². The molecule has 0 unspecified atom stereocenters. The van der Waals surface area contributed by atoms with Gasteiger partial charge in [0.05, 0.1) is 25.6 Å². The van der Waals surface area contributed by atoms with Crippen molar-refractivity contribution in [3.8, 4) is 0 Å². The van der Waals surface area contributed by atoms with Crippen LogP contribution in [-0.2, 0) is 38.2 Å². The standard InChI is InChI=1S/C14H21NO9/c1-4-22-11(18)6-9(14(21)23-5-2)12(13(19)20)15-10(17)7-24-8(3)16/h9,12H,4-7H2,1-3H3,(H,15,17)(H,19,20)/t9-,12-/m0/s1. The van der Waals surface area contributed by atoms with Crippen molar-refractivity contribution in [2.75, 3.05) is 19.8 Å². The number of amides is 1. The molecule has 0 aromatic heterocycles. The monoisotopic (exact) mass is 347 g/mol. The summed E-state index contributed by atoms with van der Waals surface area (Å²) in [6.45, 7) is 3.43. The van der Waals surface area contributed by atoms with Crippen molar-refractivity contribution in [3.63, 3.8) is 0 Å². The molecule has 1 amide bonds. The third kappa shape index (κ3) is 8.11. The van der Waals surface area contributed by atoms with Gasteiger partial charge in [-0.15, -0.1) is 0 Å². The lowest BCUT2D eigenvalue weighted by Crippen LogP contribution is -2.50. The minimum atomic E-state index is -1.74. The molecule has 0 fully saturated rings. The van der Waals surface area contributed by atoms with Crippen molar-refractivity contribution in [3.05, 3.63) is 0 Å². The van der Waals surface area contributed by atoms with Gasteiger partial charge in [-0.1, -0.05) is 0 Å². The molecule has 0 aromatic rings. The van der Waals surface area contributed by atoms with Crippen LogP contribution in [0.25, 0.3) is 0 Å². The summed E-state index contributed by atoms with van der Waals surface area (Å²) in [5.74, 6) is -6.47. The Kier molecular flexibility index (Phi) is 9.76. The van der Waals surface area contributed by atoms with Crippen molar-refractivity contribution >= 4 is 29.8 Å². The number of carboxylic acid groups (broad SMARTS) is 1. The minimum Gasteiger partial charge on any atom is -0.480 e. The highest BCUT2D eigenvalue weighted by atomic mass is 16.5. The van der Waals surface area contributed by atoms with Gasteiger partial charge in [0.1, 0.15) is 6.04 Å². The van der Waals surface area contributed by atoms with E-state index in [1.807, 2.05) is 5.32 Å². The molecule has 0 aliphatic rings. The van der Waals surface area contributed by atoms with Crippen molar-refractivity contribution in [2.45, 2.75) is 33.2 Å². The van der Waals surface area contributed by atoms with E-state index in [9.17, 15) is 29.1 Å². The van der Waals surface area contributed by atoms with Crippen LogP contribution in [0.5, 0.6) is 0 Å². The molecule has 0 saturated carbocycles. The molecule has 2 N–H and O–H groups in total. The van der Waals surface area contributed by atoms with Crippen LogP contribution < -0.4 is 5.32 Å². The third-order valence-electron chi connectivity index (χ3n) is 2.67. The number of aliphatic carboxylic acids is 1. The van der Waals surface area contributed by atoms with Gasteiger partial charge in [-0.25, -0.2) is 4.79 Å². The van der Waals surface area contributed by atoms with Gasteiger partial charge in [0.15, 0.2) is 6.61 Å². The first-order valence-corrected chi connectivity index (χ1v) is 7.20. The molecule has 0 aliphatic carbocycles. The van der Waals surface area contributed by atoms with Gasteiger partial charge in [-0.05, 0) is 13.8 Å². The molecule has 0 aromatic carbocycles. The molecule has 0 rings (SSSR count). The molecule has 0 radical (unpaired) electrons. The molecule has 2 atom stereocenters. The fourth-order valence-electron chi connectivity index (χ4n) is 1.70. The highest BCUT2D eigenvalue weighted by Gasteiger charge is 2.38. The van der Waals surface area contributed by atoms with Crippen LogP contribution in [0.15, 0.2) is 0 Å². The first-order valence-electron chi connectivity index (χ1n) is 7.20. The van der Waals surface area contributed by atoms with E-state index in [-0.39, 0.29) is 13.2 Å². The molecule has 136 valence electrons. The molecular formula is C14H21NO9. The van der Waals surface area contributed by atoms with E-state index in [2.05, 4.69) is 4.74 Å². The quantitative estimate of drug-likeness (QED) is 0.385. The summed E-state index contributed by atoms with van der Waals surface area (Å²) >= 11 is 0. The number of esters is 3. The molecule has 0 spiro atoms. The number of hydrogen-bond acceptors (Lipinski definition) is 8. The average Bonchev–Trinajstić information content (AvgIpc) is 2.48. The maximum Gasteiger partial charge on any atom is 0.327 e. The first-order chi connectivity index (χ1) is 11.2. The van der Waals surface area contributed by atoms with Crippen molar-refractivity contribution in [1.82, 2.24) is 5.32 Å². The predicted molar refractivity (Wildman–Crippen MR) is 77.6 cm³/mol. The maximum absolute atomic E-state index is 11.9. The number of nitrogens with one attached hydrogen (secondary N) is 1. The number of rotatable bonds is 10. The Morgan fingerprint density at radius 3 is 2.04 bits per heavy atom. The number of carbonyl (C=O) groups excluding carboxylic acids is 4. The van der Waals surface area contributed by atoms with Gasteiger partial charge in [-0.2, -0.15) is 0 Å². The van der Waals surface area contributed by atoms with Crippen LogP contribution >= 0.6 is 0 Å². The molecule has 0 saturated heterocycles. The molecule has 24 heavy (non-hydrogen) atoms. The molecule has 0 bridgehead atoms. The fourth-order valence-corrected chi connectivity index (χ4v) is 1.70. The van der Waals surface area contributed by atoms with Crippen LogP contribution in [0.4, 0.5) is 0 Å². The van der Waals surface area contributed by atoms with Crippen LogP contribution in [-0.4, -0.2) is 60.8 Å². The fraction of sp³-hybridized carbons (Fsp3) is 0.643. The van der Waals surface area contributed by atoms with E-state index < -0.39 is 54.8 Å². The van der Waals surface area contributed by atoms with Gasteiger partial charge in [0.25, 0.3) is 5.91 Å². The summed E-state index contributed by atoms with van der Waals surface area (Å²) in [5.41, 5.74) is 0. The number of carboxylic acids is 1. The lowest BCUT2D eigenvalue weighted by atomic mass is 9.96. The van der Waals surface area contributed by atoms with Gasteiger partial charge in [-0.3, -0.25) is 19.2 Å². The maximum atomic E-state index is 11.9. The van der Waals surface area contributed by atoms with Crippen molar-refractivity contribution in [2.24, 2.45) is 5.92 Å². The predicted octanol–water partition coefficient (Wildman–Crippen LogP) is -0.749. The Morgan fingerprint density at radius 2 is 1.58 bits per heavy atom. The second-order valence-corrected chi connectivity index (χ2v) is 4.53. The Hall–Kier alpha value is -2.65. The molecular weight excluding hydrogens is 326 g/mol. The largest absolute Gasteiger partial charge is 0.480 e. The Morgan fingerprint density at radius 1 is 1.00 bits per heavy atom. The van der Waals surface area contributed by atoms with E-state index in [0.29, 0.717) is 0 Å². The zero-order valence-corrected chi connectivity index (χ0v) is 13.7. The zero-order chi connectivity index (χ0) is 18.7. The lowest BCUT2D eigenvalue weighted by molar-refractivity contribution is -0.160. The van der Waals surface area contributed by atoms with Gasteiger partial charge in [0, 0.05) is 6.92 Å². The molecule has 0 heterocycles. The summed E-state index contributed by atoms with van der Waals surface area (Å²) in [7, 11) is 0. The number of ether oxygens (including phenoxy) is 3. The Labute approximate surface area is 138 Å². The molecule has 0 aliphatic heterocycles. The topological polar surface area (TPSA) is 145 Å². The summed E-state index contributed by atoms with van der Waals surface area (Å²) < 4.78 is 13.9. The van der Waals surface area contributed by atoms with Gasteiger partial charge < -0.3 is 24.6 Å². The SMILES string of the molecule is CCOC(=O)C[C@H](C(=O)OCC)[C@H](NC(=O)COC(C)=O)C(=O)O. The van der Waals surface area contributed by atoms with E-state index >= 15 is 0 Å². The Balaban J connectivity index is 5.18. The second-order valence-electron chi connectivity index (χ2n) is 4.53. The highest BCUT2D eigenvalue weighted by molar-refractivity contribution is 5.91. The van der Waals surface area contributed by atoms with Crippen LogP contribution in [0, 0.1) is 5.92 Å². The molecule has 10 nitrogen and oxygen atoms in total. The van der Waals surface area contributed by atoms with Gasteiger partial charge >= 0.3 is 23.9 Å². The average molecular weight is 347 g/mol. The van der Waals surface area contributed by atoms with Crippen LogP contribution in [0.3, 0.4) is 0 Å². The minimum absolute atomic E-state index is 0.0358. The third-order valence-corrected chi connectivity index (χ3v) is 2.67. The van der Waals surface area contributed by atoms with E-state index in [1.165, 1.54) is 6.92 Å². The Bertz CT molecular complexity index is 489. The summed E-state index contributed by atoms with van der Waals surface area (Å²) in [5, 5.41) is 11.3. The summed E-state index contributed by atoms with van der Waals surface area (Å²) in [4.78, 5) is 57.2.